The number of carbonyl (C=O) groups excluding carboxylic acids is 1. The predicted molar refractivity (Wildman–Crippen MR) is 67.0 cm³/mol. The zero-order chi connectivity index (χ0) is 10.4. The monoisotopic (exact) mass is 303 g/mol. The topological polar surface area (TPSA) is 29.1 Å². The van der Waals surface area contributed by atoms with Crippen molar-refractivity contribution < 1.29 is 4.79 Å². The molecule has 1 N–H and O–H groups in total. The molecule has 1 rings (SSSR count). The predicted octanol–water partition coefficient (Wildman–Crippen LogP) is 2.41. The van der Waals surface area contributed by atoms with Crippen LogP contribution in [0.25, 0.3) is 0 Å². The highest BCUT2D eigenvalue weighted by molar-refractivity contribution is 14.1. The van der Waals surface area contributed by atoms with Crippen LogP contribution in [0.2, 0.25) is 0 Å². The van der Waals surface area contributed by atoms with E-state index >= 15 is 0 Å². The maximum atomic E-state index is 11.5. The van der Waals surface area contributed by atoms with Crippen LogP contribution in [-0.4, -0.2) is 16.9 Å². The minimum atomic E-state index is 0.0179. The van der Waals surface area contributed by atoms with Crippen LogP contribution in [0.15, 0.2) is 24.3 Å². The molecule has 1 amide bonds. The molecule has 14 heavy (non-hydrogen) atoms. The Bertz CT molecular complexity index is 295. The summed E-state index contributed by atoms with van der Waals surface area (Å²) in [4.78, 5) is 11.5. The molecule has 0 aliphatic heterocycles. The van der Waals surface area contributed by atoms with E-state index in [0.717, 1.165) is 23.0 Å². The van der Waals surface area contributed by atoms with Gasteiger partial charge in [0.15, 0.2) is 0 Å². The maximum Gasteiger partial charge on any atom is 0.251 e. The van der Waals surface area contributed by atoms with E-state index in [1.165, 1.54) is 5.56 Å². The third-order valence-corrected chi connectivity index (χ3v) is 2.54. The van der Waals surface area contributed by atoms with Crippen LogP contribution in [0.4, 0.5) is 0 Å². The summed E-state index contributed by atoms with van der Waals surface area (Å²) in [5, 5.41) is 2.84. The van der Waals surface area contributed by atoms with Gasteiger partial charge in [-0.1, -0.05) is 41.6 Å². The second-order valence-corrected chi connectivity index (χ2v) is 4.07. The van der Waals surface area contributed by atoms with Crippen LogP contribution in [0, 0.1) is 0 Å². The van der Waals surface area contributed by atoms with Gasteiger partial charge in [-0.15, -0.1) is 0 Å². The van der Waals surface area contributed by atoms with Gasteiger partial charge in [-0.3, -0.25) is 4.79 Å². The van der Waals surface area contributed by atoms with Crippen LogP contribution in [0.1, 0.15) is 22.8 Å². The molecule has 0 bridgehead atoms. The Labute approximate surface area is 98.2 Å². The lowest BCUT2D eigenvalue weighted by atomic mass is 10.1. The molecule has 0 saturated heterocycles. The van der Waals surface area contributed by atoms with E-state index in [1.54, 1.807) is 0 Å². The summed E-state index contributed by atoms with van der Waals surface area (Å²) in [6.45, 7) is 2.83. The fourth-order valence-electron chi connectivity index (χ4n) is 1.15. The van der Waals surface area contributed by atoms with E-state index < -0.39 is 0 Å². The van der Waals surface area contributed by atoms with E-state index in [9.17, 15) is 4.79 Å². The van der Waals surface area contributed by atoms with Crippen LogP contribution in [0.3, 0.4) is 0 Å². The van der Waals surface area contributed by atoms with Crippen molar-refractivity contribution in [2.24, 2.45) is 0 Å². The molecule has 0 atom stereocenters. The van der Waals surface area contributed by atoms with Crippen LogP contribution >= 0.6 is 22.6 Å². The zero-order valence-electron chi connectivity index (χ0n) is 8.22. The van der Waals surface area contributed by atoms with Crippen molar-refractivity contribution in [3.63, 3.8) is 0 Å². The van der Waals surface area contributed by atoms with Gasteiger partial charge >= 0.3 is 0 Å². The van der Waals surface area contributed by atoms with E-state index in [-0.39, 0.29) is 5.91 Å². The molecule has 0 aromatic heterocycles. The van der Waals surface area contributed by atoms with E-state index in [0.29, 0.717) is 0 Å². The van der Waals surface area contributed by atoms with Crippen molar-refractivity contribution in [2.45, 2.75) is 13.3 Å². The van der Waals surface area contributed by atoms with Crippen molar-refractivity contribution in [1.29, 1.82) is 0 Å². The fourth-order valence-corrected chi connectivity index (χ4v) is 1.42. The van der Waals surface area contributed by atoms with Crippen LogP contribution < -0.4 is 5.32 Å². The molecule has 76 valence electrons. The molecular formula is C11H14INO. The van der Waals surface area contributed by atoms with Gasteiger partial charge in [0.25, 0.3) is 5.91 Å². The first-order valence-electron chi connectivity index (χ1n) is 4.71. The summed E-state index contributed by atoms with van der Waals surface area (Å²) in [7, 11) is 0. The van der Waals surface area contributed by atoms with Gasteiger partial charge < -0.3 is 5.32 Å². The van der Waals surface area contributed by atoms with Gasteiger partial charge in [-0.25, -0.2) is 0 Å². The second kappa shape index (κ2) is 6.01. The van der Waals surface area contributed by atoms with Crippen molar-refractivity contribution >= 4 is 28.5 Å². The highest BCUT2D eigenvalue weighted by atomic mass is 127. The molecule has 1 aromatic carbocycles. The molecule has 3 heteroatoms. The number of halogens is 1. The average Bonchev–Trinajstić information content (AvgIpc) is 2.26. The molecule has 2 nitrogen and oxygen atoms in total. The molecular weight excluding hydrogens is 289 g/mol. The Hall–Kier alpha value is -0.580. The first-order chi connectivity index (χ1) is 6.77. The minimum Gasteiger partial charge on any atom is -0.351 e. The van der Waals surface area contributed by atoms with Gasteiger partial charge in [0, 0.05) is 16.5 Å². The second-order valence-electron chi connectivity index (χ2n) is 3.00. The van der Waals surface area contributed by atoms with Gasteiger partial charge in [-0.2, -0.15) is 0 Å². The highest BCUT2D eigenvalue weighted by Crippen LogP contribution is 2.04. The van der Waals surface area contributed by atoms with Gasteiger partial charge in [-0.05, 0) is 24.1 Å². The Morgan fingerprint density at radius 3 is 2.50 bits per heavy atom. The number of aryl methyl sites for hydroxylation is 1. The average molecular weight is 303 g/mol. The van der Waals surface area contributed by atoms with Crippen molar-refractivity contribution in [1.82, 2.24) is 5.32 Å². The summed E-state index contributed by atoms with van der Waals surface area (Å²) in [6.07, 6.45) is 1.01. The van der Waals surface area contributed by atoms with Crippen LogP contribution in [-0.2, 0) is 6.42 Å². The van der Waals surface area contributed by atoms with E-state index in [1.807, 2.05) is 24.3 Å². The quantitative estimate of drug-likeness (QED) is 0.672. The Balaban J connectivity index is 2.62. The third kappa shape index (κ3) is 3.29. The Morgan fingerprint density at radius 2 is 2.00 bits per heavy atom. The van der Waals surface area contributed by atoms with Crippen molar-refractivity contribution in [3.05, 3.63) is 35.4 Å². The SMILES string of the molecule is CCc1ccc(C(=O)NCCI)cc1. The fraction of sp³-hybridized carbons (Fsp3) is 0.364. The van der Waals surface area contributed by atoms with Crippen molar-refractivity contribution in [3.8, 4) is 0 Å². The minimum absolute atomic E-state index is 0.0179. The van der Waals surface area contributed by atoms with Crippen LogP contribution in [0.5, 0.6) is 0 Å². The highest BCUT2D eigenvalue weighted by Gasteiger charge is 2.02. The first-order valence-corrected chi connectivity index (χ1v) is 6.23. The van der Waals surface area contributed by atoms with E-state index in [4.69, 9.17) is 0 Å². The maximum absolute atomic E-state index is 11.5. The van der Waals surface area contributed by atoms with E-state index in [2.05, 4.69) is 34.8 Å². The molecule has 0 aliphatic rings. The Kier molecular flexibility index (Phi) is 4.93. The lowest BCUT2D eigenvalue weighted by Gasteiger charge is -2.03. The molecule has 0 saturated carbocycles. The summed E-state index contributed by atoms with van der Waals surface area (Å²) in [6, 6.07) is 7.75. The summed E-state index contributed by atoms with van der Waals surface area (Å²) in [5.74, 6) is 0.0179. The first kappa shape index (κ1) is 11.5. The van der Waals surface area contributed by atoms with Crippen molar-refractivity contribution in [2.75, 3.05) is 11.0 Å². The molecule has 0 radical (unpaired) electrons. The number of carbonyl (C=O) groups is 1. The zero-order valence-corrected chi connectivity index (χ0v) is 10.4. The van der Waals surface area contributed by atoms with Gasteiger partial charge in [0.2, 0.25) is 0 Å². The van der Waals surface area contributed by atoms with Gasteiger partial charge in [0.1, 0.15) is 0 Å². The number of hydrogen-bond donors (Lipinski definition) is 1. The normalized spacial score (nSPS) is 9.86. The number of alkyl halides is 1. The molecule has 1 aromatic rings. The van der Waals surface area contributed by atoms with Gasteiger partial charge in [0.05, 0.1) is 0 Å². The lowest BCUT2D eigenvalue weighted by molar-refractivity contribution is 0.0956. The standard InChI is InChI=1S/C11H14INO/c1-2-9-3-5-10(6-4-9)11(14)13-8-7-12/h3-6H,2,7-8H2,1H3,(H,13,14). The molecule has 0 aliphatic carbocycles. The summed E-state index contributed by atoms with van der Waals surface area (Å²) in [5.41, 5.74) is 2.00. The molecule has 0 spiro atoms. The molecule has 0 fully saturated rings. The number of hydrogen-bond acceptors (Lipinski definition) is 1. The smallest absolute Gasteiger partial charge is 0.251 e. The number of benzene rings is 1. The summed E-state index contributed by atoms with van der Waals surface area (Å²) >= 11 is 2.24. The largest absolute Gasteiger partial charge is 0.351 e. The molecule has 0 heterocycles. The number of amides is 1. The number of nitrogens with one attached hydrogen (secondary N) is 1. The number of rotatable bonds is 4. The third-order valence-electron chi connectivity index (χ3n) is 2.00. The summed E-state index contributed by atoms with van der Waals surface area (Å²) < 4.78 is 0.941. The Morgan fingerprint density at radius 1 is 1.36 bits per heavy atom. The lowest BCUT2D eigenvalue weighted by Crippen LogP contribution is -2.24. The molecule has 0 unspecified atom stereocenters.